The Kier molecular flexibility index (Phi) is 7.12. The minimum atomic E-state index is 0. The quantitative estimate of drug-likeness (QED) is 0.504. The molecule has 4 nitrogen and oxygen atoms in total. The monoisotopic (exact) mass is 449 g/mol. The molecule has 152 valence electrons. The molecule has 0 radical (unpaired) electrons. The van der Waals surface area contributed by atoms with Crippen LogP contribution in [0.15, 0.2) is 60.8 Å². The third-order valence-electron chi connectivity index (χ3n) is 4.94. The first-order valence-corrected chi connectivity index (χ1v) is 10.00. The van der Waals surface area contributed by atoms with Crippen LogP contribution in [0, 0.1) is 0 Å². The number of benzene rings is 2. The Morgan fingerprint density at radius 2 is 1.86 bits per heavy atom. The summed E-state index contributed by atoms with van der Waals surface area (Å²) in [5, 5.41) is 4.61. The van der Waals surface area contributed by atoms with Gasteiger partial charge in [-0.25, -0.2) is 4.98 Å². The van der Waals surface area contributed by atoms with Crippen molar-refractivity contribution in [2.24, 2.45) is 0 Å². The highest BCUT2D eigenvalue weighted by Gasteiger charge is 2.26. The van der Waals surface area contributed by atoms with Crippen LogP contribution in [-0.2, 0) is 0 Å². The summed E-state index contributed by atoms with van der Waals surface area (Å²) in [7, 11) is 1.94. The second-order valence-electron chi connectivity index (χ2n) is 6.73. The van der Waals surface area contributed by atoms with Crippen molar-refractivity contribution in [3.63, 3.8) is 0 Å². The average molecular weight is 451 g/mol. The van der Waals surface area contributed by atoms with Crippen LogP contribution in [0.2, 0.25) is 10.0 Å². The van der Waals surface area contributed by atoms with Crippen molar-refractivity contribution in [3.05, 3.63) is 70.8 Å². The number of rotatable bonds is 5. The van der Waals surface area contributed by atoms with Crippen molar-refractivity contribution >= 4 is 47.0 Å². The molecule has 0 unspecified atom stereocenters. The lowest BCUT2D eigenvalue weighted by Crippen LogP contribution is -2.25. The number of halogens is 3. The van der Waals surface area contributed by atoms with Gasteiger partial charge in [0.05, 0.1) is 17.9 Å². The molecular formula is C22H22Cl3N3O. The van der Waals surface area contributed by atoms with Gasteiger partial charge >= 0.3 is 0 Å². The molecule has 1 fully saturated rings. The van der Waals surface area contributed by atoms with Crippen molar-refractivity contribution < 1.29 is 4.74 Å². The predicted octanol–water partition coefficient (Wildman–Crippen LogP) is 6.18. The molecule has 0 aliphatic carbocycles. The Bertz CT molecular complexity index is 983. The highest BCUT2D eigenvalue weighted by atomic mass is 35.5. The Labute approximate surface area is 187 Å². The summed E-state index contributed by atoms with van der Waals surface area (Å²) < 4.78 is 6.02. The van der Waals surface area contributed by atoms with Crippen molar-refractivity contribution in [1.82, 2.24) is 4.98 Å². The molecule has 1 aromatic heterocycles. The van der Waals surface area contributed by atoms with Gasteiger partial charge in [-0.3, -0.25) is 0 Å². The van der Waals surface area contributed by atoms with Crippen molar-refractivity contribution in [3.8, 4) is 17.0 Å². The van der Waals surface area contributed by atoms with Gasteiger partial charge in [0.25, 0.3) is 0 Å². The first-order chi connectivity index (χ1) is 13.7. The van der Waals surface area contributed by atoms with Gasteiger partial charge in [0.2, 0.25) is 5.88 Å². The van der Waals surface area contributed by atoms with E-state index in [1.807, 2.05) is 31.3 Å². The topological polar surface area (TPSA) is 37.4 Å². The molecule has 0 spiro atoms. The molecule has 0 amide bonds. The molecule has 7 heteroatoms. The number of nitrogens with zero attached hydrogens (tertiary/aromatic N) is 2. The molecule has 1 aliphatic heterocycles. The molecule has 0 bridgehead atoms. The lowest BCUT2D eigenvalue weighted by molar-refractivity contribution is 0.216. The van der Waals surface area contributed by atoms with Crippen LogP contribution in [0.4, 0.5) is 11.4 Å². The number of ether oxygens (including phenoxy) is 1. The van der Waals surface area contributed by atoms with E-state index in [2.05, 4.69) is 33.4 Å². The fourth-order valence-corrected chi connectivity index (χ4v) is 3.94. The maximum Gasteiger partial charge on any atom is 0.232 e. The molecule has 1 saturated heterocycles. The molecule has 1 atom stereocenters. The number of hydrogen-bond donors (Lipinski definition) is 1. The van der Waals surface area contributed by atoms with Crippen LogP contribution in [0.25, 0.3) is 11.1 Å². The average Bonchev–Trinajstić information content (AvgIpc) is 3.18. The molecule has 1 N–H and O–H groups in total. The van der Waals surface area contributed by atoms with E-state index in [4.69, 9.17) is 27.9 Å². The number of pyridine rings is 1. The van der Waals surface area contributed by atoms with Gasteiger partial charge in [-0.05, 0) is 35.9 Å². The zero-order chi connectivity index (χ0) is 19.5. The van der Waals surface area contributed by atoms with Crippen LogP contribution in [0.1, 0.15) is 6.42 Å². The minimum Gasteiger partial charge on any atom is -0.471 e. The van der Waals surface area contributed by atoms with Crippen molar-refractivity contribution in [2.45, 2.75) is 12.5 Å². The zero-order valence-electron chi connectivity index (χ0n) is 15.9. The standard InChI is InChI=1S/C22H21Cl2N3O.ClH/c1-25-20-13-15(17-5-2-3-6-18(17)23)8-9-21(20)27-12-10-16(14-27)28-22-19(24)7-4-11-26-22;/h2-9,11,13,16,25H,10,12,14H2,1H3;1H/t16-;/m0./s1. The third-order valence-corrected chi connectivity index (χ3v) is 5.56. The summed E-state index contributed by atoms with van der Waals surface area (Å²) in [5.74, 6) is 0.499. The van der Waals surface area contributed by atoms with E-state index >= 15 is 0 Å². The SMILES string of the molecule is CNc1cc(-c2ccccc2Cl)ccc1N1CC[C@H](Oc2ncccc2Cl)C1.Cl. The first-order valence-electron chi connectivity index (χ1n) is 9.24. The Balaban J connectivity index is 0.00000240. The highest BCUT2D eigenvalue weighted by molar-refractivity contribution is 6.33. The summed E-state index contributed by atoms with van der Waals surface area (Å²) in [4.78, 5) is 6.55. The largest absolute Gasteiger partial charge is 0.471 e. The lowest BCUT2D eigenvalue weighted by Gasteiger charge is -2.23. The van der Waals surface area contributed by atoms with Crippen molar-refractivity contribution in [2.75, 3.05) is 30.4 Å². The van der Waals surface area contributed by atoms with Gasteiger partial charge in [-0.2, -0.15) is 0 Å². The van der Waals surface area contributed by atoms with E-state index in [9.17, 15) is 0 Å². The smallest absolute Gasteiger partial charge is 0.232 e. The lowest BCUT2D eigenvalue weighted by atomic mass is 10.0. The summed E-state index contributed by atoms with van der Waals surface area (Å²) in [5.41, 5.74) is 4.33. The molecule has 0 saturated carbocycles. The summed E-state index contributed by atoms with van der Waals surface area (Å²) >= 11 is 12.5. The fraction of sp³-hybridized carbons (Fsp3) is 0.227. The second-order valence-corrected chi connectivity index (χ2v) is 7.54. The Morgan fingerprint density at radius 1 is 1.07 bits per heavy atom. The van der Waals surface area contributed by atoms with Crippen LogP contribution in [-0.4, -0.2) is 31.2 Å². The zero-order valence-corrected chi connectivity index (χ0v) is 18.3. The normalized spacial score (nSPS) is 15.7. The summed E-state index contributed by atoms with van der Waals surface area (Å²) in [6.45, 7) is 1.70. The van der Waals surface area contributed by atoms with Crippen LogP contribution in [0.3, 0.4) is 0 Å². The molecule has 2 aromatic carbocycles. The third kappa shape index (κ3) is 4.72. The minimum absolute atomic E-state index is 0. The summed E-state index contributed by atoms with van der Waals surface area (Å²) in [6.07, 6.45) is 2.67. The van der Waals surface area contributed by atoms with E-state index in [1.54, 1.807) is 18.3 Å². The Morgan fingerprint density at radius 3 is 2.62 bits per heavy atom. The fourth-order valence-electron chi connectivity index (χ4n) is 3.53. The highest BCUT2D eigenvalue weighted by Crippen LogP contribution is 2.36. The number of anilines is 2. The molecule has 3 aromatic rings. The van der Waals surface area contributed by atoms with Gasteiger partial charge in [0.1, 0.15) is 11.1 Å². The number of aromatic nitrogens is 1. The number of nitrogens with one attached hydrogen (secondary N) is 1. The van der Waals surface area contributed by atoms with E-state index in [1.165, 1.54) is 0 Å². The molecular weight excluding hydrogens is 429 g/mol. The first kappa shape index (κ1) is 21.6. The molecule has 29 heavy (non-hydrogen) atoms. The molecule has 1 aliphatic rings. The second kappa shape index (κ2) is 9.57. The van der Waals surface area contributed by atoms with Crippen molar-refractivity contribution in [1.29, 1.82) is 0 Å². The Hall–Kier alpha value is -2.14. The van der Waals surface area contributed by atoms with Crippen LogP contribution >= 0.6 is 35.6 Å². The number of hydrogen-bond acceptors (Lipinski definition) is 4. The van der Waals surface area contributed by atoms with Crippen LogP contribution < -0.4 is 15.0 Å². The predicted molar refractivity (Wildman–Crippen MR) is 124 cm³/mol. The maximum absolute atomic E-state index is 6.37. The molecule has 4 rings (SSSR count). The van der Waals surface area contributed by atoms with E-state index < -0.39 is 0 Å². The maximum atomic E-state index is 6.37. The van der Waals surface area contributed by atoms with E-state index in [0.717, 1.165) is 47.0 Å². The van der Waals surface area contributed by atoms with Gasteiger partial charge in [-0.15, -0.1) is 12.4 Å². The van der Waals surface area contributed by atoms with Gasteiger partial charge < -0.3 is 15.0 Å². The van der Waals surface area contributed by atoms with E-state index in [0.29, 0.717) is 10.9 Å². The van der Waals surface area contributed by atoms with Gasteiger partial charge in [0.15, 0.2) is 0 Å². The molecule has 2 heterocycles. The van der Waals surface area contributed by atoms with Gasteiger partial charge in [0, 0.05) is 36.8 Å². The van der Waals surface area contributed by atoms with E-state index in [-0.39, 0.29) is 18.5 Å². The van der Waals surface area contributed by atoms with Gasteiger partial charge in [-0.1, -0.05) is 47.5 Å². The summed E-state index contributed by atoms with van der Waals surface area (Å²) in [6, 6.07) is 17.9. The van der Waals surface area contributed by atoms with Crippen LogP contribution in [0.5, 0.6) is 5.88 Å².